The molecule has 0 nitrogen and oxygen atoms in total. The van der Waals surface area contributed by atoms with E-state index in [1.54, 1.807) is 13.8 Å². The summed E-state index contributed by atoms with van der Waals surface area (Å²) in [5.74, 6) is 0. The Morgan fingerprint density at radius 2 is 1.00 bits per heavy atom. The molecule has 0 amide bonds. The molecule has 0 atom stereocenters. The normalized spacial score (nSPS) is 5.50. The van der Waals surface area contributed by atoms with Gasteiger partial charge in [0.15, 0.2) is 0 Å². The van der Waals surface area contributed by atoms with Gasteiger partial charge in [-0.3, -0.25) is 0 Å². The van der Waals surface area contributed by atoms with Crippen molar-refractivity contribution in [3.8, 4) is 0 Å². The molecule has 0 radical (unpaired) electrons. The van der Waals surface area contributed by atoms with Crippen LogP contribution in [0.25, 0.3) is 0 Å². The quantitative estimate of drug-likeness (QED) is 0.402. The summed E-state index contributed by atoms with van der Waals surface area (Å²) >= 11 is 0. The van der Waals surface area contributed by atoms with Crippen molar-refractivity contribution in [2.45, 2.75) is 53.4 Å². The maximum Gasteiger partial charge on any atom is 2.00 e. The first-order valence-corrected chi connectivity index (χ1v) is 4.33. The van der Waals surface area contributed by atoms with Crippen LogP contribution in [0.2, 0.25) is 0 Å². The predicted octanol–water partition coefficient (Wildman–Crippen LogP) is 4.11. The van der Waals surface area contributed by atoms with Crippen molar-refractivity contribution in [3.63, 3.8) is 0 Å². The average molecular weight is 252 g/mol. The summed E-state index contributed by atoms with van der Waals surface area (Å²) in [5, 5.41) is 0. The van der Waals surface area contributed by atoms with E-state index < -0.39 is 0 Å². The molecule has 0 saturated carbocycles. The molecule has 2 heteroatoms. The Hall–Kier alpha value is 1.88. The number of hydrogen-bond donors (Lipinski definition) is 0. The maximum atomic E-state index is 3.25. The summed E-state index contributed by atoms with van der Waals surface area (Å²) < 4.78 is 0. The van der Waals surface area contributed by atoms with E-state index in [9.17, 15) is 0 Å². The summed E-state index contributed by atoms with van der Waals surface area (Å²) in [5.41, 5.74) is 0. The summed E-state index contributed by atoms with van der Waals surface area (Å²) in [4.78, 5) is 0. The Morgan fingerprint density at radius 3 is 1.08 bits per heavy atom. The molecule has 0 N–H and O–H groups in total. The molecule has 0 aliphatic rings. The molecular weight excluding hydrogens is 226 g/mol. The van der Waals surface area contributed by atoms with Gasteiger partial charge in [0.1, 0.15) is 0 Å². The van der Waals surface area contributed by atoms with Crippen LogP contribution in [0.3, 0.4) is 0 Å². The van der Waals surface area contributed by atoms with Gasteiger partial charge in [-0.05, 0) is 0 Å². The van der Waals surface area contributed by atoms with E-state index in [2.05, 4.69) is 27.7 Å². The van der Waals surface area contributed by atoms with E-state index in [0.717, 1.165) is 0 Å². The fraction of sp³-hybridized carbons (Fsp3) is 0.800. The molecule has 0 aromatic heterocycles. The first kappa shape index (κ1) is 29.2. The van der Waals surface area contributed by atoms with Gasteiger partial charge in [0.2, 0.25) is 0 Å². The van der Waals surface area contributed by atoms with Crippen molar-refractivity contribution in [2.75, 3.05) is 0 Å². The maximum absolute atomic E-state index is 3.25. The molecule has 0 heterocycles. The average Bonchev–Trinajstić information content (AvgIpc) is 2.08. The monoisotopic (exact) mass is 250 g/mol. The molecule has 12 heavy (non-hydrogen) atoms. The zero-order valence-corrected chi connectivity index (χ0v) is 14.8. The van der Waals surface area contributed by atoms with Crippen molar-refractivity contribution >= 4 is 37.7 Å². The van der Waals surface area contributed by atoms with Crippen molar-refractivity contribution in [1.29, 1.82) is 0 Å². The van der Waals surface area contributed by atoms with Crippen LogP contribution in [0.1, 0.15) is 56.2 Å². The third-order valence-electron chi connectivity index (χ3n) is 0.957. The second-order valence-corrected chi connectivity index (χ2v) is 1.71. The number of hydrogen-bond acceptors (Lipinski definition) is 0. The zero-order valence-electron chi connectivity index (χ0n) is 11.7. The zero-order chi connectivity index (χ0) is 8.83. The molecule has 0 rings (SSSR count). The summed E-state index contributed by atoms with van der Waals surface area (Å²) in [6.07, 6.45) is 5.54. The third kappa shape index (κ3) is 59.0. The Labute approximate surface area is 126 Å². The Bertz CT molecular complexity index is 30.1. The minimum absolute atomic E-state index is 0. The SMILES string of the molecule is CCCCCC.[CH2-]C.[CH2-]C.[Ca+2].[H-].[H-].[Zn+2]. The fourth-order valence-electron chi connectivity index (χ4n) is 0.500. The summed E-state index contributed by atoms with van der Waals surface area (Å²) in [7, 11) is 0. The van der Waals surface area contributed by atoms with Crippen molar-refractivity contribution in [3.05, 3.63) is 13.8 Å². The van der Waals surface area contributed by atoms with Crippen LogP contribution in [0.4, 0.5) is 0 Å². The van der Waals surface area contributed by atoms with Crippen LogP contribution >= 0.6 is 0 Å². The first-order chi connectivity index (χ1) is 4.91. The Morgan fingerprint density at radius 1 is 0.833 bits per heavy atom. The molecule has 0 bridgehead atoms. The van der Waals surface area contributed by atoms with E-state index in [1.165, 1.54) is 25.7 Å². The van der Waals surface area contributed by atoms with Crippen molar-refractivity contribution in [2.24, 2.45) is 0 Å². The smallest absolute Gasteiger partial charge is 1.00 e. The fourth-order valence-corrected chi connectivity index (χ4v) is 0.500. The van der Waals surface area contributed by atoms with Gasteiger partial charge in [-0.1, -0.05) is 39.5 Å². The Kier molecular flexibility index (Phi) is 128. The van der Waals surface area contributed by atoms with Crippen molar-refractivity contribution in [1.82, 2.24) is 0 Å². The molecule has 0 aromatic carbocycles. The molecular formula is C10H26CaZn. The van der Waals surface area contributed by atoms with Crippen LogP contribution in [0.15, 0.2) is 0 Å². The van der Waals surface area contributed by atoms with Gasteiger partial charge in [-0.15, -0.1) is 0 Å². The molecule has 0 saturated heterocycles. The van der Waals surface area contributed by atoms with Crippen LogP contribution in [-0.4, -0.2) is 37.7 Å². The van der Waals surface area contributed by atoms with Gasteiger partial charge >= 0.3 is 57.2 Å². The van der Waals surface area contributed by atoms with Crippen LogP contribution in [-0.2, 0) is 19.5 Å². The summed E-state index contributed by atoms with van der Waals surface area (Å²) in [6.45, 7) is 14.5. The molecule has 0 aliphatic carbocycles. The summed E-state index contributed by atoms with van der Waals surface area (Å²) in [6, 6.07) is 0. The second kappa shape index (κ2) is 52.6. The number of rotatable bonds is 3. The van der Waals surface area contributed by atoms with E-state index in [1.807, 2.05) is 0 Å². The van der Waals surface area contributed by atoms with Crippen LogP contribution in [0, 0.1) is 13.8 Å². The van der Waals surface area contributed by atoms with Gasteiger partial charge in [-0.25, -0.2) is 0 Å². The van der Waals surface area contributed by atoms with Crippen LogP contribution < -0.4 is 0 Å². The molecule has 0 spiro atoms. The Balaban J connectivity index is -0.0000000111. The van der Waals surface area contributed by atoms with Gasteiger partial charge in [0.05, 0.1) is 0 Å². The molecule has 0 aliphatic heterocycles. The molecule has 0 unspecified atom stereocenters. The van der Waals surface area contributed by atoms with E-state index in [-0.39, 0.29) is 60.1 Å². The van der Waals surface area contributed by atoms with Gasteiger partial charge < -0.3 is 16.7 Å². The molecule has 0 fully saturated rings. The standard InChI is InChI=1S/C6H14.2C2H5.Ca.Zn.2H/c1-3-5-6-4-2;2*1-2;;;;/h3-6H2,1-2H3;2*1H2,2H3;;;;/q;2*-1;2*+2;2*-1. The third-order valence-corrected chi connectivity index (χ3v) is 0.957. The largest absolute Gasteiger partial charge is 2.00 e. The van der Waals surface area contributed by atoms with Gasteiger partial charge in [0, 0.05) is 0 Å². The predicted molar refractivity (Wildman–Crippen MR) is 59.9 cm³/mol. The number of unbranched alkanes of at least 4 members (excludes halogenated alkanes) is 3. The van der Waals surface area contributed by atoms with Gasteiger partial charge in [-0.2, -0.15) is 13.8 Å². The van der Waals surface area contributed by atoms with Crippen molar-refractivity contribution < 1.29 is 22.3 Å². The van der Waals surface area contributed by atoms with E-state index >= 15 is 0 Å². The minimum Gasteiger partial charge on any atom is -1.00 e. The topological polar surface area (TPSA) is 0 Å². The first-order valence-electron chi connectivity index (χ1n) is 4.33. The van der Waals surface area contributed by atoms with Crippen LogP contribution in [0.5, 0.6) is 0 Å². The second-order valence-electron chi connectivity index (χ2n) is 1.71. The van der Waals surface area contributed by atoms with Gasteiger partial charge in [0.25, 0.3) is 0 Å². The molecule has 0 aromatic rings. The van der Waals surface area contributed by atoms with E-state index in [4.69, 9.17) is 0 Å². The minimum atomic E-state index is 0. The van der Waals surface area contributed by atoms with E-state index in [0.29, 0.717) is 0 Å². The molecule has 70 valence electrons.